The molecule has 1 aromatic heterocycles. The van der Waals surface area contributed by atoms with Gasteiger partial charge in [-0.1, -0.05) is 17.7 Å². The van der Waals surface area contributed by atoms with Crippen LogP contribution < -0.4 is 10.2 Å². The fourth-order valence-corrected chi connectivity index (χ4v) is 4.20. The highest BCUT2D eigenvalue weighted by Gasteiger charge is 2.40. The molecule has 3 heterocycles. The van der Waals surface area contributed by atoms with E-state index in [0.717, 1.165) is 48.4 Å². The van der Waals surface area contributed by atoms with E-state index < -0.39 is 5.79 Å². The minimum atomic E-state index is -0.443. The van der Waals surface area contributed by atoms with Crippen molar-refractivity contribution in [3.05, 3.63) is 46.3 Å². The first-order chi connectivity index (χ1) is 13.8. The first-order valence-corrected chi connectivity index (χ1v) is 10.1. The van der Waals surface area contributed by atoms with Crippen molar-refractivity contribution in [2.75, 3.05) is 36.5 Å². The fourth-order valence-electron chi connectivity index (χ4n) is 4.20. The van der Waals surface area contributed by atoms with Crippen LogP contribution in [0.25, 0.3) is 0 Å². The lowest BCUT2D eigenvalue weighted by Gasteiger charge is -2.37. The molecule has 0 radical (unpaired) electrons. The van der Waals surface area contributed by atoms with Crippen LogP contribution in [0.4, 0.5) is 11.6 Å². The Kier molecular flexibility index (Phi) is 5.27. The summed E-state index contributed by atoms with van der Waals surface area (Å²) in [5, 5.41) is 3.03. The number of benzene rings is 1. The molecule has 2 saturated heterocycles. The van der Waals surface area contributed by atoms with Gasteiger partial charge in [-0.15, -0.1) is 0 Å². The third-order valence-electron chi connectivity index (χ3n) is 5.61. The topological polar surface area (TPSA) is 76.6 Å². The second-order valence-corrected chi connectivity index (χ2v) is 8.02. The second-order valence-electron chi connectivity index (χ2n) is 8.02. The first kappa shape index (κ1) is 19.8. The number of carbonyl (C=O) groups is 1. The minimum absolute atomic E-state index is 0.220. The number of nitrogens with zero attached hydrogens (tertiary/aromatic N) is 3. The number of piperidine rings is 1. The van der Waals surface area contributed by atoms with Gasteiger partial charge < -0.3 is 19.7 Å². The van der Waals surface area contributed by atoms with Crippen LogP contribution in [0.2, 0.25) is 0 Å². The molecular formula is C22H28N4O3. The van der Waals surface area contributed by atoms with E-state index in [-0.39, 0.29) is 5.91 Å². The van der Waals surface area contributed by atoms with Crippen LogP contribution in [0.1, 0.15) is 45.7 Å². The van der Waals surface area contributed by atoms with Gasteiger partial charge in [0.2, 0.25) is 5.95 Å². The molecular weight excluding hydrogens is 368 g/mol. The van der Waals surface area contributed by atoms with Crippen LogP contribution in [0.3, 0.4) is 0 Å². The van der Waals surface area contributed by atoms with E-state index in [4.69, 9.17) is 9.47 Å². The molecule has 1 aromatic carbocycles. The summed E-state index contributed by atoms with van der Waals surface area (Å²) in [4.78, 5) is 24.2. The predicted octanol–water partition coefficient (Wildman–Crippen LogP) is 3.31. The number of hydrogen-bond acceptors (Lipinski definition) is 6. The van der Waals surface area contributed by atoms with Crippen LogP contribution in [-0.2, 0) is 9.47 Å². The van der Waals surface area contributed by atoms with Gasteiger partial charge in [0.05, 0.1) is 13.2 Å². The number of anilines is 2. The Morgan fingerprint density at radius 2 is 1.62 bits per heavy atom. The Morgan fingerprint density at radius 1 is 1.00 bits per heavy atom. The summed E-state index contributed by atoms with van der Waals surface area (Å²) in [6, 6.07) is 5.86. The van der Waals surface area contributed by atoms with Crippen molar-refractivity contribution in [3.63, 3.8) is 0 Å². The van der Waals surface area contributed by atoms with E-state index in [2.05, 4.69) is 39.2 Å². The molecule has 2 aliphatic heterocycles. The number of aryl methyl sites for hydroxylation is 4. The average molecular weight is 396 g/mol. The lowest BCUT2D eigenvalue weighted by Crippen LogP contribution is -2.45. The number of hydrogen-bond donors (Lipinski definition) is 1. The van der Waals surface area contributed by atoms with Gasteiger partial charge >= 0.3 is 0 Å². The molecule has 154 valence electrons. The highest BCUT2D eigenvalue weighted by molar-refractivity contribution is 6.04. The van der Waals surface area contributed by atoms with Crippen LogP contribution in [0.5, 0.6) is 0 Å². The summed E-state index contributed by atoms with van der Waals surface area (Å²) in [5.74, 6) is -0.0795. The van der Waals surface area contributed by atoms with Crippen molar-refractivity contribution in [2.45, 2.75) is 46.3 Å². The van der Waals surface area contributed by atoms with Gasteiger partial charge in [0.1, 0.15) is 5.69 Å². The van der Waals surface area contributed by atoms with Crippen molar-refractivity contribution >= 4 is 17.5 Å². The summed E-state index contributed by atoms with van der Waals surface area (Å²) in [7, 11) is 0. The van der Waals surface area contributed by atoms with Gasteiger partial charge in [0.25, 0.3) is 5.91 Å². The van der Waals surface area contributed by atoms with Crippen molar-refractivity contribution in [1.29, 1.82) is 0 Å². The highest BCUT2D eigenvalue weighted by atomic mass is 16.7. The molecule has 0 unspecified atom stereocenters. The molecule has 29 heavy (non-hydrogen) atoms. The lowest BCUT2D eigenvalue weighted by atomic mass is 10.0. The maximum absolute atomic E-state index is 12.9. The third-order valence-corrected chi connectivity index (χ3v) is 5.61. The summed E-state index contributed by atoms with van der Waals surface area (Å²) >= 11 is 0. The quantitative estimate of drug-likeness (QED) is 0.858. The second kappa shape index (κ2) is 7.72. The fraction of sp³-hybridized carbons (Fsp3) is 0.500. The van der Waals surface area contributed by atoms with Gasteiger partial charge in [-0.2, -0.15) is 0 Å². The van der Waals surface area contributed by atoms with Gasteiger partial charge in [-0.05, 0) is 44.9 Å². The third kappa shape index (κ3) is 4.11. The van der Waals surface area contributed by atoms with Crippen molar-refractivity contribution in [1.82, 2.24) is 9.97 Å². The number of ether oxygens (including phenoxy) is 2. The molecule has 0 aliphatic carbocycles. The molecule has 2 aliphatic rings. The summed E-state index contributed by atoms with van der Waals surface area (Å²) < 4.78 is 11.6. The Balaban J connectivity index is 1.52. The molecule has 0 saturated carbocycles. The number of nitrogens with one attached hydrogen (secondary N) is 1. The van der Waals surface area contributed by atoms with E-state index in [9.17, 15) is 4.79 Å². The van der Waals surface area contributed by atoms with E-state index in [1.165, 1.54) is 5.56 Å². The Morgan fingerprint density at radius 3 is 2.24 bits per heavy atom. The largest absolute Gasteiger partial charge is 0.347 e. The molecule has 1 amide bonds. The zero-order valence-corrected chi connectivity index (χ0v) is 17.5. The Hall–Kier alpha value is -2.51. The van der Waals surface area contributed by atoms with E-state index >= 15 is 0 Å². The predicted molar refractivity (Wildman–Crippen MR) is 111 cm³/mol. The summed E-state index contributed by atoms with van der Waals surface area (Å²) in [6.07, 6.45) is 1.54. The van der Waals surface area contributed by atoms with Crippen LogP contribution >= 0.6 is 0 Å². The van der Waals surface area contributed by atoms with Gasteiger partial charge in [-0.3, -0.25) is 4.79 Å². The maximum atomic E-state index is 12.9. The van der Waals surface area contributed by atoms with Crippen LogP contribution in [-0.4, -0.2) is 48.0 Å². The van der Waals surface area contributed by atoms with E-state index in [1.807, 2.05) is 20.8 Å². The molecule has 2 fully saturated rings. The number of carbonyl (C=O) groups excluding carboxylic acids is 1. The number of rotatable bonds is 3. The molecule has 1 N–H and O–H groups in total. The molecule has 4 rings (SSSR count). The molecule has 1 spiro atoms. The van der Waals surface area contributed by atoms with Gasteiger partial charge in [0, 0.05) is 37.3 Å². The van der Waals surface area contributed by atoms with Gasteiger partial charge in [0.15, 0.2) is 5.79 Å². The standard InChI is InChI=1S/C22H28N4O3/c1-14-11-15(2)19(16(3)12-14)25-20(27)18-13-17(4)23-21(24-18)26-7-5-22(6-8-26)28-9-10-29-22/h11-13H,5-10H2,1-4H3,(H,25,27). The molecule has 2 aromatic rings. The van der Waals surface area contributed by atoms with E-state index in [0.29, 0.717) is 24.9 Å². The smallest absolute Gasteiger partial charge is 0.274 e. The molecule has 0 bridgehead atoms. The lowest BCUT2D eigenvalue weighted by molar-refractivity contribution is -0.169. The number of amides is 1. The highest BCUT2D eigenvalue weighted by Crippen LogP contribution is 2.32. The van der Waals surface area contributed by atoms with E-state index in [1.54, 1.807) is 6.07 Å². The summed E-state index contributed by atoms with van der Waals surface area (Å²) in [5.41, 5.74) is 5.25. The normalized spacial score (nSPS) is 18.3. The Labute approximate surface area is 171 Å². The van der Waals surface area contributed by atoms with Crippen molar-refractivity contribution in [2.24, 2.45) is 0 Å². The maximum Gasteiger partial charge on any atom is 0.274 e. The number of aromatic nitrogens is 2. The minimum Gasteiger partial charge on any atom is -0.347 e. The van der Waals surface area contributed by atoms with Crippen molar-refractivity contribution in [3.8, 4) is 0 Å². The van der Waals surface area contributed by atoms with Gasteiger partial charge in [-0.25, -0.2) is 9.97 Å². The Bertz CT molecular complexity index is 905. The van der Waals surface area contributed by atoms with Crippen molar-refractivity contribution < 1.29 is 14.3 Å². The summed E-state index contributed by atoms with van der Waals surface area (Å²) in [6.45, 7) is 10.7. The molecule has 7 nitrogen and oxygen atoms in total. The van der Waals surface area contributed by atoms with Crippen LogP contribution in [0.15, 0.2) is 18.2 Å². The molecule has 7 heteroatoms. The first-order valence-electron chi connectivity index (χ1n) is 10.1. The zero-order valence-electron chi connectivity index (χ0n) is 17.5. The zero-order chi connectivity index (χ0) is 20.6. The SMILES string of the molecule is Cc1cc(C)c(NC(=O)c2cc(C)nc(N3CCC4(CC3)OCCO4)n2)c(C)c1. The molecule has 0 atom stereocenters. The monoisotopic (exact) mass is 396 g/mol. The average Bonchev–Trinajstić information content (AvgIpc) is 3.12. The van der Waals surface area contributed by atoms with Crippen LogP contribution in [0, 0.1) is 27.7 Å².